The summed E-state index contributed by atoms with van der Waals surface area (Å²) in [5, 5.41) is 9.04. The molecule has 0 heterocycles. The summed E-state index contributed by atoms with van der Waals surface area (Å²) in [6.07, 6.45) is 7.86. The summed E-state index contributed by atoms with van der Waals surface area (Å²) in [4.78, 5) is 0. The van der Waals surface area contributed by atoms with Gasteiger partial charge in [-0.2, -0.15) is 0 Å². The van der Waals surface area contributed by atoms with Crippen molar-refractivity contribution in [3.8, 4) is 11.1 Å². The average molecular weight is 500 g/mol. The lowest BCUT2D eigenvalue weighted by Crippen LogP contribution is -2.34. The third-order valence-electron chi connectivity index (χ3n) is 7.92. The Labute approximate surface area is 229 Å². The van der Waals surface area contributed by atoms with Gasteiger partial charge >= 0.3 is 0 Å². The van der Waals surface area contributed by atoms with Gasteiger partial charge in [0.05, 0.1) is 5.54 Å². The molecule has 1 heteroatoms. The number of rotatable bonds is 5. The quantitative estimate of drug-likeness (QED) is 0.249. The van der Waals surface area contributed by atoms with Crippen molar-refractivity contribution in [3.63, 3.8) is 0 Å². The summed E-state index contributed by atoms with van der Waals surface area (Å²) < 4.78 is 0. The van der Waals surface area contributed by atoms with Crippen LogP contribution in [0, 0.1) is 0 Å². The molecular weight excluding hydrogens is 470 g/mol. The first kappa shape index (κ1) is 23.3. The second-order valence-electron chi connectivity index (χ2n) is 10.3. The highest BCUT2D eigenvalue weighted by Crippen LogP contribution is 2.41. The van der Waals surface area contributed by atoms with Gasteiger partial charge in [-0.15, -0.1) is 0 Å². The minimum Gasteiger partial charge on any atom is -0.372 e. The molecule has 1 aliphatic carbocycles. The second kappa shape index (κ2) is 9.78. The van der Waals surface area contributed by atoms with Gasteiger partial charge in [-0.05, 0) is 67.9 Å². The highest BCUT2D eigenvalue weighted by molar-refractivity contribution is 5.97. The van der Waals surface area contributed by atoms with Crippen molar-refractivity contribution in [2.24, 2.45) is 0 Å². The van der Waals surface area contributed by atoms with E-state index in [-0.39, 0.29) is 5.54 Å². The number of hydrogen-bond acceptors (Lipinski definition) is 1. The van der Waals surface area contributed by atoms with E-state index < -0.39 is 0 Å². The molecular formula is C38H29N. The largest absolute Gasteiger partial charge is 0.372 e. The minimum atomic E-state index is -0.361. The Balaban J connectivity index is 1.28. The van der Waals surface area contributed by atoms with E-state index in [2.05, 4.69) is 163 Å². The Kier molecular flexibility index (Phi) is 5.83. The highest BCUT2D eigenvalue weighted by atomic mass is 15.0. The molecule has 0 fully saturated rings. The van der Waals surface area contributed by atoms with Crippen LogP contribution in [0.25, 0.3) is 38.2 Å². The third-order valence-corrected chi connectivity index (χ3v) is 7.92. The fourth-order valence-corrected chi connectivity index (χ4v) is 5.93. The number of allylic oxidation sites excluding steroid dienone is 2. The Hall–Kier alpha value is -4.88. The number of benzene rings is 6. The lowest BCUT2D eigenvalue weighted by Gasteiger charge is -2.36. The number of hydrogen-bond donors (Lipinski definition) is 1. The number of nitrogens with one attached hydrogen (secondary N) is 1. The summed E-state index contributed by atoms with van der Waals surface area (Å²) in [7, 11) is 0. The highest BCUT2D eigenvalue weighted by Gasteiger charge is 2.32. The summed E-state index contributed by atoms with van der Waals surface area (Å²) in [6, 6.07) is 50.0. The van der Waals surface area contributed by atoms with Crippen LogP contribution in [0.5, 0.6) is 0 Å². The molecule has 1 aliphatic rings. The molecule has 1 unspecified atom stereocenters. The van der Waals surface area contributed by atoms with Crippen LogP contribution in [0.4, 0.5) is 5.69 Å². The summed E-state index contributed by atoms with van der Waals surface area (Å²) >= 11 is 0. The van der Waals surface area contributed by atoms with E-state index in [1.165, 1.54) is 49.4 Å². The monoisotopic (exact) mass is 499 g/mol. The van der Waals surface area contributed by atoms with E-state index in [0.29, 0.717) is 0 Å². The molecule has 186 valence electrons. The van der Waals surface area contributed by atoms with Crippen molar-refractivity contribution in [1.82, 2.24) is 0 Å². The van der Waals surface area contributed by atoms with Crippen molar-refractivity contribution < 1.29 is 0 Å². The van der Waals surface area contributed by atoms with Crippen LogP contribution in [-0.4, -0.2) is 0 Å². The summed E-state index contributed by atoms with van der Waals surface area (Å²) in [5.74, 6) is 0. The Morgan fingerprint density at radius 1 is 0.513 bits per heavy atom. The van der Waals surface area contributed by atoms with Crippen LogP contribution in [0.2, 0.25) is 0 Å². The fraction of sp³-hybridized carbons (Fsp3) is 0.0526. The van der Waals surface area contributed by atoms with E-state index in [9.17, 15) is 0 Å². The zero-order valence-electron chi connectivity index (χ0n) is 21.7. The molecule has 6 aromatic carbocycles. The molecule has 1 atom stereocenters. The van der Waals surface area contributed by atoms with Gasteiger partial charge in [0.1, 0.15) is 0 Å². The molecule has 0 radical (unpaired) electrons. The molecule has 0 spiro atoms. The standard InChI is InChI=1S/C38H29N/c1-2-10-28(11-3-1)29-24-26-38(27-25-29,37-19-9-15-31-13-5-7-17-36(31)37)39-33-22-20-32(21-23-33)35-18-8-14-30-12-4-6-16-34(30)35/h1-26,39H,27H2. The normalized spacial score (nSPS) is 16.8. The maximum atomic E-state index is 3.96. The van der Waals surface area contributed by atoms with E-state index >= 15 is 0 Å². The van der Waals surface area contributed by atoms with E-state index in [1.807, 2.05) is 0 Å². The van der Waals surface area contributed by atoms with Gasteiger partial charge in [0.25, 0.3) is 0 Å². The Morgan fingerprint density at radius 2 is 1.15 bits per heavy atom. The van der Waals surface area contributed by atoms with Gasteiger partial charge in [-0.25, -0.2) is 0 Å². The summed E-state index contributed by atoms with van der Waals surface area (Å²) in [5.41, 5.74) is 7.03. The van der Waals surface area contributed by atoms with Crippen LogP contribution in [0.15, 0.2) is 158 Å². The lowest BCUT2D eigenvalue weighted by molar-refractivity contribution is 0.625. The van der Waals surface area contributed by atoms with Crippen LogP contribution < -0.4 is 5.32 Å². The maximum Gasteiger partial charge on any atom is 0.0853 e. The summed E-state index contributed by atoms with van der Waals surface area (Å²) in [6.45, 7) is 0. The van der Waals surface area contributed by atoms with Crippen molar-refractivity contribution in [3.05, 3.63) is 169 Å². The smallest absolute Gasteiger partial charge is 0.0853 e. The predicted molar refractivity (Wildman–Crippen MR) is 167 cm³/mol. The van der Waals surface area contributed by atoms with Gasteiger partial charge in [-0.3, -0.25) is 0 Å². The molecule has 6 aromatic rings. The lowest BCUT2D eigenvalue weighted by atomic mass is 9.79. The van der Waals surface area contributed by atoms with Crippen LogP contribution in [0.1, 0.15) is 17.5 Å². The molecule has 0 amide bonds. The number of anilines is 1. The molecule has 0 aliphatic heterocycles. The first-order chi connectivity index (χ1) is 19.3. The zero-order chi connectivity index (χ0) is 26.1. The van der Waals surface area contributed by atoms with Crippen LogP contribution in [0.3, 0.4) is 0 Å². The predicted octanol–water partition coefficient (Wildman–Crippen LogP) is 10.0. The SMILES string of the molecule is C1=CC(Nc2ccc(-c3cccc4ccccc34)cc2)(c2cccc3ccccc23)CC=C1c1ccccc1. The first-order valence-electron chi connectivity index (χ1n) is 13.6. The zero-order valence-corrected chi connectivity index (χ0v) is 21.7. The topological polar surface area (TPSA) is 12.0 Å². The molecule has 0 bridgehead atoms. The van der Waals surface area contributed by atoms with Gasteiger partial charge in [-0.1, -0.05) is 146 Å². The molecule has 0 saturated carbocycles. The van der Waals surface area contributed by atoms with Crippen LogP contribution >= 0.6 is 0 Å². The number of fused-ring (bicyclic) bond motifs is 2. The molecule has 1 nitrogen and oxygen atoms in total. The third kappa shape index (κ3) is 4.32. The Morgan fingerprint density at radius 3 is 1.90 bits per heavy atom. The van der Waals surface area contributed by atoms with Crippen molar-refractivity contribution in [2.45, 2.75) is 12.0 Å². The van der Waals surface area contributed by atoms with Gasteiger partial charge in [0, 0.05) is 5.69 Å². The van der Waals surface area contributed by atoms with Crippen molar-refractivity contribution >= 4 is 32.8 Å². The van der Waals surface area contributed by atoms with Crippen molar-refractivity contribution in [2.75, 3.05) is 5.32 Å². The Bertz CT molecular complexity index is 1830. The minimum absolute atomic E-state index is 0.361. The first-order valence-corrected chi connectivity index (χ1v) is 13.6. The van der Waals surface area contributed by atoms with Crippen molar-refractivity contribution in [1.29, 1.82) is 0 Å². The second-order valence-corrected chi connectivity index (χ2v) is 10.3. The van der Waals surface area contributed by atoms with Gasteiger partial charge < -0.3 is 5.32 Å². The van der Waals surface area contributed by atoms with Gasteiger partial charge in [0.2, 0.25) is 0 Å². The fourth-order valence-electron chi connectivity index (χ4n) is 5.93. The van der Waals surface area contributed by atoms with Gasteiger partial charge in [0.15, 0.2) is 0 Å². The average Bonchev–Trinajstić information content (AvgIpc) is 3.02. The molecule has 0 aromatic heterocycles. The maximum absolute atomic E-state index is 3.96. The van der Waals surface area contributed by atoms with Crippen LogP contribution in [-0.2, 0) is 5.54 Å². The van der Waals surface area contributed by atoms with E-state index in [1.54, 1.807) is 0 Å². The van der Waals surface area contributed by atoms with E-state index in [4.69, 9.17) is 0 Å². The molecule has 1 N–H and O–H groups in total. The molecule has 0 saturated heterocycles. The van der Waals surface area contributed by atoms with E-state index in [0.717, 1.165) is 12.1 Å². The molecule has 7 rings (SSSR count). The molecule has 39 heavy (non-hydrogen) atoms.